The van der Waals surface area contributed by atoms with Crippen molar-refractivity contribution >= 4 is 28.5 Å². The summed E-state index contributed by atoms with van der Waals surface area (Å²) in [6, 6.07) is 14.6. The van der Waals surface area contributed by atoms with Crippen molar-refractivity contribution in [2.45, 2.75) is 6.42 Å². The quantitative estimate of drug-likeness (QED) is 0.828. The van der Waals surface area contributed by atoms with Gasteiger partial charge in [0.1, 0.15) is 17.2 Å². The predicted molar refractivity (Wildman–Crippen MR) is 85.6 cm³/mol. The first-order chi connectivity index (χ1) is 10.3. The average molecular weight is 300 g/mol. The van der Waals surface area contributed by atoms with Gasteiger partial charge in [-0.15, -0.1) is 0 Å². The number of phenols is 1. The normalized spacial score (nSPS) is 14.7. The Hall–Kier alpha value is -2.26. The Morgan fingerprint density at radius 1 is 1.10 bits per heavy atom. The molecule has 0 saturated heterocycles. The number of phenolic OH excluding ortho intramolecular Hbond substituents is 1. The Labute approximate surface area is 128 Å². The summed E-state index contributed by atoms with van der Waals surface area (Å²) in [6.45, 7) is 0.551. The summed E-state index contributed by atoms with van der Waals surface area (Å²) in [5.41, 5.74) is 2.29. The molecule has 0 atom stereocenters. The summed E-state index contributed by atoms with van der Waals surface area (Å²) >= 11 is 6.47. The fourth-order valence-electron chi connectivity index (χ4n) is 2.17. The summed E-state index contributed by atoms with van der Waals surface area (Å²) in [6.07, 6.45) is 2.37. The third-order valence-corrected chi connectivity index (χ3v) is 3.72. The first-order valence-corrected chi connectivity index (χ1v) is 7.06. The van der Waals surface area contributed by atoms with E-state index in [1.807, 2.05) is 30.3 Å². The minimum Gasteiger partial charge on any atom is -0.506 e. The topological polar surface area (TPSA) is 41.8 Å². The number of fused-ring (bicyclic) bond motifs is 1. The van der Waals surface area contributed by atoms with Gasteiger partial charge in [0.25, 0.3) is 0 Å². The van der Waals surface area contributed by atoms with Crippen LogP contribution in [0.3, 0.4) is 0 Å². The molecular formula is C17H14ClNO2. The largest absolute Gasteiger partial charge is 0.506 e. The summed E-state index contributed by atoms with van der Waals surface area (Å²) in [5, 5.41) is 10.4. The lowest BCUT2D eigenvalue weighted by molar-refractivity contribution is 0.325. The molecule has 0 aromatic heterocycles. The van der Waals surface area contributed by atoms with E-state index in [0.717, 1.165) is 16.9 Å². The van der Waals surface area contributed by atoms with Crippen LogP contribution in [0.2, 0.25) is 0 Å². The number of benzene rings is 2. The molecule has 0 amide bonds. The number of aromatic hydroxyl groups is 1. The number of hydrogen-bond acceptors (Lipinski definition) is 3. The number of rotatable bonds is 2. The highest BCUT2D eigenvalue weighted by Gasteiger charge is 2.15. The van der Waals surface area contributed by atoms with Crippen LogP contribution in [-0.2, 0) is 0 Å². The first kappa shape index (κ1) is 13.7. The van der Waals surface area contributed by atoms with Gasteiger partial charge in [-0.2, -0.15) is 0 Å². The molecule has 1 N–H and O–H groups in total. The average Bonchev–Trinajstić information content (AvgIpc) is 2.67. The molecule has 106 valence electrons. The van der Waals surface area contributed by atoms with Gasteiger partial charge >= 0.3 is 0 Å². The maximum Gasteiger partial charge on any atom is 0.141 e. The van der Waals surface area contributed by atoms with Crippen LogP contribution in [0.4, 0.5) is 5.69 Å². The minimum atomic E-state index is 0.149. The lowest BCUT2D eigenvalue weighted by Crippen LogP contribution is -1.97. The molecular weight excluding hydrogens is 286 g/mol. The molecule has 1 aliphatic heterocycles. The van der Waals surface area contributed by atoms with E-state index in [9.17, 15) is 5.11 Å². The van der Waals surface area contributed by atoms with E-state index in [4.69, 9.17) is 16.3 Å². The smallest absolute Gasteiger partial charge is 0.141 e. The van der Waals surface area contributed by atoms with Gasteiger partial charge in [-0.05, 0) is 29.8 Å². The molecule has 0 radical (unpaired) electrons. The molecule has 0 spiro atoms. The summed E-state index contributed by atoms with van der Waals surface area (Å²) in [4.78, 5) is 4.32. The Morgan fingerprint density at radius 2 is 1.86 bits per heavy atom. The van der Waals surface area contributed by atoms with Crippen LogP contribution in [0.1, 0.15) is 12.0 Å². The van der Waals surface area contributed by atoms with Crippen molar-refractivity contribution in [3.8, 4) is 11.5 Å². The molecule has 21 heavy (non-hydrogen) atoms. The van der Waals surface area contributed by atoms with E-state index in [-0.39, 0.29) is 5.75 Å². The van der Waals surface area contributed by atoms with Gasteiger partial charge in [0, 0.05) is 18.2 Å². The van der Waals surface area contributed by atoms with Crippen LogP contribution in [0.25, 0.3) is 5.03 Å². The monoisotopic (exact) mass is 299 g/mol. The molecule has 1 aliphatic rings. The molecule has 2 aromatic carbocycles. The van der Waals surface area contributed by atoms with Crippen molar-refractivity contribution in [1.29, 1.82) is 0 Å². The Morgan fingerprint density at radius 3 is 2.71 bits per heavy atom. The van der Waals surface area contributed by atoms with Crippen molar-refractivity contribution in [1.82, 2.24) is 0 Å². The van der Waals surface area contributed by atoms with Gasteiger partial charge in [0.05, 0.1) is 11.6 Å². The predicted octanol–water partition coefficient (Wildman–Crippen LogP) is 4.53. The zero-order chi connectivity index (χ0) is 14.7. The number of nitrogens with zero attached hydrogens (tertiary/aromatic N) is 1. The molecule has 0 unspecified atom stereocenters. The summed E-state index contributed by atoms with van der Waals surface area (Å²) < 4.78 is 5.69. The van der Waals surface area contributed by atoms with Crippen LogP contribution in [0.15, 0.2) is 59.1 Å². The maximum atomic E-state index is 9.73. The number of ether oxygens (including phenoxy) is 1. The Balaban J connectivity index is 1.97. The third kappa shape index (κ3) is 2.93. The second-order valence-corrected chi connectivity index (χ2v) is 5.06. The van der Waals surface area contributed by atoms with Crippen LogP contribution in [0, 0.1) is 0 Å². The molecule has 4 heteroatoms. The Kier molecular flexibility index (Phi) is 3.93. The number of halogens is 1. The van der Waals surface area contributed by atoms with Gasteiger partial charge < -0.3 is 9.84 Å². The van der Waals surface area contributed by atoms with Crippen molar-refractivity contribution in [3.05, 3.63) is 59.7 Å². The number of aliphatic imine (C=N–C) groups is 1. The zero-order valence-corrected chi connectivity index (χ0v) is 12.0. The molecule has 3 nitrogen and oxygen atoms in total. The van der Waals surface area contributed by atoms with Crippen LogP contribution in [-0.4, -0.2) is 17.9 Å². The molecule has 0 saturated carbocycles. The molecule has 1 heterocycles. The van der Waals surface area contributed by atoms with Crippen molar-refractivity contribution < 1.29 is 9.84 Å². The first-order valence-electron chi connectivity index (χ1n) is 6.68. The van der Waals surface area contributed by atoms with Crippen molar-refractivity contribution in [3.63, 3.8) is 0 Å². The van der Waals surface area contributed by atoms with Gasteiger partial charge in [-0.1, -0.05) is 35.9 Å². The lowest BCUT2D eigenvalue weighted by Gasteiger charge is -2.05. The van der Waals surface area contributed by atoms with E-state index >= 15 is 0 Å². The van der Waals surface area contributed by atoms with Crippen LogP contribution in [0.5, 0.6) is 11.5 Å². The van der Waals surface area contributed by atoms with Crippen molar-refractivity contribution in [2.24, 2.45) is 4.99 Å². The van der Waals surface area contributed by atoms with E-state index in [1.165, 1.54) is 0 Å². The summed E-state index contributed by atoms with van der Waals surface area (Å²) in [5.74, 6) is 0.934. The fraction of sp³-hybridized carbons (Fsp3) is 0.118. The minimum absolute atomic E-state index is 0.149. The van der Waals surface area contributed by atoms with Gasteiger partial charge in [-0.3, -0.25) is 4.99 Å². The molecule has 0 bridgehead atoms. The molecule has 0 fully saturated rings. The maximum absolute atomic E-state index is 9.73. The van der Waals surface area contributed by atoms with Gasteiger partial charge in [-0.25, -0.2) is 0 Å². The highest BCUT2D eigenvalue weighted by molar-refractivity contribution is 6.51. The van der Waals surface area contributed by atoms with Gasteiger partial charge in [0.15, 0.2) is 0 Å². The number of para-hydroxylation sites is 3. The fourth-order valence-corrected chi connectivity index (χ4v) is 2.47. The van der Waals surface area contributed by atoms with E-state index in [0.29, 0.717) is 23.7 Å². The highest BCUT2D eigenvalue weighted by Crippen LogP contribution is 2.35. The zero-order valence-electron chi connectivity index (χ0n) is 11.3. The second kappa shape index (κ2) is 6.02. The Bertz CT molecular complexity index is 722. The highest BCUT2D eigenvalue weighted by atomic mass is 35.5. The standard InChI is InChI=1S/C17H14ClNO2/c18-17-12(11-19-14-6-2-3-7-15(14)20)9-10-21-16-8-4-1-5-13(16)17/h1-8,11,20H,9-10H2. The second-order valence-electron chi connectivity index (χ2n) is 4.68. The third-order valence-electron chi connectivity index (χ3n) is 3.28. The van der Waals surface area contributed by atoms with Crippen LogP contribution >= 0.6 is 11.6 Å². The number of hydrogen-bond donors (Lipinski definition) is 1. The summed E-state index contributed by atoms with van der Waals surface area (Å²) in [7, 11) is 0. The lowest BCUT2D eigenvalue weighted by atomic mass is 10.1. The SMILES string of the molecule is Oc1ccccc1N=CC1=C(Cl)c2ccccc2OCC1. The van der Waals surface area contributed by atoms with Crippen LogP contribution < -0.4 is 4.74 Å². The van der Waals surface area contributed by atoms with E-state index in [1.54, 1.807) is 24.4 Å². The van der Waals surface area contributed by atoms with E-state index < -0.39 is 0 Å². The van der Waals surface area contributed by atoms with E-state index in [2.05, 4.69) is 4.99 Å². The van der Waals surface area contributed by atoms with Gasteiger partial charge in [0.2, 0.25) is 0 Å². The molecule has 0 aliphatic carbocycles. The van der Waals surface area contributed by atoms with Crippen molar-refractivity contribution in [2.75, 3.05) is 6.61 Å². The molecule has 3 rings (SSSR count). The molecule has 2 aromatic rings.